The summed E-state index contributed by atoms with van der Waals surface area (Å²) >= 11 is 0. The molecule has 1 fully saturated rings. The quantitative estimate of drug-likeness (QED) is 0.587. The van der Waals surface area contributed by atoms with Crippen LogP contribution < -0.4 is 10.1 Å². The highest BCUT2D eigenvalue weighted by atomic mass is 16.5. The van der Waals surface area contributed by atoms with Crippen molar-refractivity contribution in [1.29, 1.82) is 0 Å². The van der Waals surface area contributed by atoms with Crippen LogP contribution in [0.4, 0.5) is 4.79 Å². The zero-order valence-corrected chi connectivity index (χ0v) is 16.7. The van der Waals surface area contributed by atoms with Crippen LogP contribution in [0.1, 0.15) is 31.4 Å². The Morgan fingerprint density at radius 1 is 1.14 bits per heavy atom. The van der Waals surface area contributed by atoms with Crippen molar-refractivity contribution in [2.45, 2.75) is 25.8 Å². The number of aliphatic carboxylic acids is 1. The van der Waals surface area contributed by atoms with Gasteiger partial charge in [0.25, 0.3) is 0 Å². The van der Waals surface area contributed by atoms with E-state index in [1.807, 2.05) is 6.92 Å². The average Bonchev–Trinajstić information content (AvgIpc) is 2.68. The first-order chi connectivity index (χ1) is 13.5. The third-order valence-corrected chi connectivity index (χ3v) is 4.73. The molecule has 8 nitrogen and oxygen atoms in total. The lowest BCUT2D eigenvalue weighted by atomic mass is 10.1. The molecule has 1 unspecified atom stereocenters. The van der Waals surface area contributed by atoms with E-state index < -0.39 is 18.1 Å². The van der Waals surface area contributed by atoms with Crippen LogP contribution in [0.2, 0.25) is 0 Å². The molecule has 2 N–H and O–H groups in total. The summed E-state index contributed by atoms with van der Waals surface area (Å²) < 4.78 is 10.7. The minimum Gasteiger partial charge on any atom is -0.492 e. The molecular formula is C20H31N3O5. The van der Waals surface area contributed by atoms with Gasteiger partial charge in [-0.3, -0.25) is 4.90 Å². The van der Waals surface area contributed by atoms with Crippen LogP contribution in [0.15, 0.2) is 24.3 Å². The minimum atomic E-state index is -1.16. The first-order valence-corrected chi connectivity index (χ1v) is 9.79. The Kier molecular flexibility index (Phi) is 9.03. The summed E-state index contributed by atoms with van der Waals surface area (Å²) in [4.78, 5) is 27.9. The molecular weight excluding hydrogens is 362 g/mol. The van der Waals surface area contributed by atoms with Crippen LogP contribution in [0, 0.1) is 0 Å². The predicted octanol–water partition coefficient (Wildman–Crippen LogP) is 1.96. The first kappa shape index (κ1) is 22.0. The molecule has 8 heteroatoms. The first-order valence-electron chi connectivity index (χ1n) is 9.79. The normalized spacial score (nSPS) is 16.4. The van der Waals surface area contributed by atoms with Crippen LogP contribution in [-0.2, 0) is 9.53 Å². The molecule has 1 aliphatic rings. The van der Waals surface area contributed by atoms with Gasteiger partial charge in [-0.15, -0.1) is 0 Å². The molecule has 2 rings (SSSR count). The molecule has 1 saturated heterocycles. The van der Waals surface area contributed by atoms with E-state index in [-0.39, 0.29) is 6.61 Å². The number of carbonyl (C=O) groups excluding carboxylic acids is 1. The average molecular weight is 393 g/mol. The van der Waals surface area contributed by atoms with Crippen molar-refractivity contribution < 1.29 is 24.2 Å². The Balaban J connectivity index is 1.81. The van der Waals surface area contributed by atoms with E-state index in [1.165, 1.54) is 0 Å². The highest BCUT2D eigenvalue weighted by Crippen LogP contribution is 2.18. The minimum absolute atomic E-state index is 0.273. The number of nitrogens with one attached hydrogen (secondary N) is 1. The number of carboxylic acids is 1. The zero-order chi connectivity index (χ0) is 20.4. The van der Waals surface area contributed by atoms with Gasteiger partial charge in [0, 0.05) is 32.7 Å². The van der Waals surface area contributed by atoms with Crippen molar-refractivity contribution >= 4 is 12.1 Å². The van der Waals surface area contributed by atoms with E-state index in [1.54, 1.807) is 24.3 Å². The van der Waals surface area contributed by atoms with Crippen LogP contribution >= 0.6 is 0 Å². The number of rotatable bonds is 10. The molecule has 0 aromatic heterocycles. The van der Waals surface area contributed by atoms with Crippen molar-refractivity contribution in [2.24, 2.45) is 0 Å². The Morgan fingerprint density at radius 3 is 2.43 bits per heavy atom. The van der Waals surface area contributed by atoms with Crippen molar-refractivity contribution in [1.82, 2.24) is 15.1 Å². The maximum Gasteiger partial charge on any atom is 0.408 e. The smallest absolute Gasteiger partial charge is 0.408 e. The molecule has 156 valence electrons. The number of alkyl carbamates (subject to hydrolysis) is 1. The van der Waals surface area contributed by atoms with Crippen molar-refractivity contribution in [3.8, 4) is 5.75 Å². The summed E-state index contributed by atoms with van der Waals surface area (Å²) in [5.74, 6) is -0.469. The fraction of sp³-hybridized carbons (Fsp3) is 0.600. The number of unbranched alkanes of at least 4 members (excludes halogenated alkanes) is 1. The molecule has 1 atom stereocenters. The standard InChI is InChI=1S/C20H31N3O5/c1-3-4-14-28-20(26)21-18(19(24)25)16-5-7-17(8-6-16)27-15-13-23-11-9-22(2)10-12-23/h5-8,18H,3-4,9-15H2,1-2H3,(H,21,26)(H,24,25). The van der Waals surface area contributed by atoms with Gasteiger partial charge in [-0.1, -0.05) is 25.5 Å². The third-order valence-electron chi connectivity index (χ3n) is 4.73. The molecule has 1 aromatic carbocycles. The number of hydrogen-bond donors (Lipinski definition) is 2. The van der Waals surface area contributed by atoms with Gasteiger partial charge in [0.2, 0.25) is 0 Å². The number of likely N-dealkylation sites (N-methyl/N-ethyl adjacent to an activating group) is 1. The van der Waals surface area contributed by atoms with Crippen molar-refractivity contribution in [3.63, 3.8) is 0 Å². The Labute approximate surface area is 166 Å². The molecule has 0 spiro atoms. The van der Waals surface area contributed by atoms with Crippen molar-refractivity contribution in [3.05, 3.63) is 29.8 Å². The summed E-state index contributed by atoms with van der Waals surface area (Å²) in [5.41, 5.74) is 0.464. The van der Waals surface area contributed by atoms with Gasteiger partial charge < -0.3 is 24.8 Å². The molecule has 0 aliphatic carbocycles. The second kappa shape index (κ2) is 11.5. The SMILES string of the molecule is CCCCOC(=O)NC(C(=O)O)c1ccc(OCCN2CCN(C)CC2)cc1. The predicted molar refractivity (Wildman–Crippen MR) is 106 cm³/mol. The van der Waals surface area contributed by atoms with Gasteiger partial charge in [0.05, 0.1) is 6.61 Å². The number of nitrogens with zero attached hydrogens (tertiary/aromatic N) is 2. The number of hydrogen-bond acceptors (Lipinski definition) is 6. The molecule has 0 bridgehead atoms. The number of ether oxygens (including phenoxy) is 2. The molecule has 1 heterocycles. The van der Waals surface area contributed by atoms with Gasteiger partial charge >= 0.3 is 12.1 Å². The van der Waals surface area contributed by atoms with E-state index in [2.05, 4.69) is 22.2 Å². The molecule has 1 aromatic rings. The van der Waals surface area contributed by atoms with Crippen molar-refractivity contribution in [2.75, 3.05) is 53.0 Å². The highest BCUT2D eigenvalue weighted by molar-refractivity contribution is 5.81. The van der Waals surface area contributed by atoms with Crippen LogP contribution in [0.5, 0.6) is 5.75 Å². The van der Waals surface area contributed by atoms with E-state index in [4.69, 9.17) is 9.47 Å². The number of benzene rings is 1. The van der Waals surface area contributed by atoms with E-state index >= 15 is 0 Å². The monoisotopic (exact) mass is 393 g/mol. The maximum atomic E-state index is 11.8. The third kappa shape index (κ3) is 7.36. The van der Waals surface area contributed by atoms with Gasteiger partial charge in [-0.25, -0.2) is 9.59 Å². The Bertz CT molecular complexity index is 615. The highest BCUT2D eigenvalue weighted by Gasteiger charge is 2.22. The zero-order valence-electron chi connectivity index (χ0n) is 16.7. The number of amides is 1. The molecule has 28 heavy (non-hydrogen) atoms. The fourth-order valence-electron chi connectivity index (χ4n) is 2.88. The lowest BCUT2D eigenvalue weighted by Crippen LogP contribution is -2.45. The Morgan fingerprint density at radius 2 is 1.82 bits per heavy atom. The topological polar surface area (TPSA) is 91.3 Å². The second-order valence-electron chi connectivity index (χ2n) is 6.97. The summed E-state index contributed by atoms with van der Waals surface area (Å²) in [6.07, 6.45) is 0.908. The van der Waals surface area contributed by atoms with E-state index in [0.717, 1.165) is 45.6 Å². The van der Waals surface area contributed by atoms with Gasteiger partial charge in [-0.05, 0) is 31.2 Å². The summed E-state index contributed by atoms with van der Waals surface area (Å²) in [6.45, 7) is 7.91. The fourth-order valence-corrected chi connectivity index (χ4v) is 2.88. The summed E-state index contributed by atoms with van der Waals surface area (Å²) in [6, 6.07) is 5.58. The van der Waals surface area contributed by atoms with Gasteiger partial charge in [0.15, 0.2) is 6.04 Å². The largest absolute Gasteiger partial charge is 0.492 e. The molecule has 0 radical (unpaired) electrons. The lowest BCUT2D eigenvalue weighted by Gasteiger charge is -2.32. The number of carbonyl (C=O) groups is 2. The lowest BCUT2D eigenvalue weighted by molar-refractivity contribution is -0.139. The summed E-state index contributed by atoms with van der Waals surface area (Å²) in [7, 11) is 2.12. The molecule has 1 aliphatic heterocycles. The van der Waals surface area contributed by atoms with Crippen LogP contribution in [0.3, 0.4) is 0 Å². The summed E-state index contributed by atoms with van der Waals surface area (Å²) in [5, 5.41) is 11.8. The molecule has 0 saturated carbocycles. The van der Waals surface area contributed by atoms with Crippen LogP contribution in [-0.4, -0.2) is 80.0 Å². The van der Waals surface area contributed by atoms with Crippen LogP contribution in [0.25, 0.3) is 0 Å². The van der Waals surface area contributed by atoms with E-state index in [0.29, 0.717) is 17.9 Å². The van der Waals surface area contributed by atoms with Gasteiger partial charge in [-0.2, -0.15) is 0 Å². The van der Waals surface area contributed by atoms with E-state index in [9.17, 15) is 14.7 Å². The Hall–Kier alpha value is -2.32. The number of piperazine rings is 1. The second-order valence-corrected chi connectivity index (χ2v) is 6.97. The number of carboxylic acid groups (broad SMARTS) is 1. The maximum absolute atomic E-state index is 11.8. The molecule has 1 amide bonds. The van der Waals surface area contributed by atoms with Gasteiger partial charge in [0.1, 0.15) is 12.4 Å².